The first kappa shape index (κ1) is 12.9. The number of halogens is 1. The molecule has 1 atom stereocenters. The van der Waals surface area contributed by atoms with E-state index < -0.39 is 0 Å². The number of hydrogen-bond donors (Lipinski definition) is 1. The van der Waals surface area contributed by atoms with E-state index in [0.717, 1.165) is 25.5 Å². The standard InChI is InChI=1S/C12H16N4O2.ClH/c17-10-3-8(6-16(10)9-4-13-5-9)12-14-11(15-18-12)7-1-2-7;/h7-9,13H,1-6H2;1H. The van der Waals surface area contributed by atoms with E-state index in [1.807, 2.05) is 4.90 Å². The fourth-order valence-electron chi connectivity index (χ4n) is 2.66. The summed E-state index contributed by atoms with van der Waals surface area (Å²) in [6.45, 7) is 2.56. The zero-order chi connectivity index (χ0) is 12.1. The Bertz CT molecular complexity index is 484. The first-order chi connectivity index (χ1) is 8.81. The van der Waals surface area contributed by atoms with Crippen LogP contribution in [0.4, 0.5) is 0 Å². The van der Waals surface area contributed by atoms with E-state index in [0.29, 0.717) is 24.3 Å². The topological polar surface area (TPSA) is 71.3 Å². The van der Waals surface area contributed by atoms with Crippen molar-refractivity contribution in [2.45, 2.75) is 37.1 Å². The molecule has 3 aliphatic rings. The molecule has 4 rings (SSSR count). The highest BCUT2D eigenvalue weighted by atomic mass is 35.5. The van der Waals surface area contributed by atoms with Gasteiger partial charge in [-0.2, -0.15) is 4.98 Å². The summed E-state index contributed by atoms with van der Waals surface area (Å²) in [5.74, 6) is 2.31. The maximum atomic E-state index is 12.0. The van der Waals surface area contributed by atoms with Gasteiger partial charge in [-0.15, -0.1) is 12.4 Å². The minimum Gasteiger partial charge on any atom is -0.339 e. The third kappa shape index (κ3) is 2.23. The Kier molecular flexibility index (Phi) is 3.22. The Morgan fingerprint density at radius 3 is 2.68 bits per heavy atom. The molecule has 1 saturated carbocycles. The molecule has 1 unspecified atom stereocenters. The summed E-state index contributed by atoms with van der Waals surface area (Å²) < 4.78 is 5.32. The summed E-state index contributed by atoms with van der Waals surface area (Å²) in [7, 11) is 0. The van der Waals surface area contributed by atoms with Gasteiger partial charge in [0.25, 0.3) is 0 Å². The van der Waals surface area contributed by atoms with E-state index in [9.17, 15) is 4.79 Å². The van der Waals surface area contributed by atoms with Crippen LogP contribution in [0.3, 0.4) is 0 Å². The number of aromatic nitrogens is 2. The lowest BCUT2D eigenvalue weighted by molar-refractivity contribution is -0.130. The predicted octanol–water partition coefficient (Wildman–Crippen LogP) is 0.656. The largest absolute Gasteiger partial charge is 0.339 e. The summed E-state index contributed by atoms with van der Waals surface area (Å²) in [5, 5.41) is 7.22. The highest BCUT2D eigenvalue weighted by Crippen LogP contribution is 2.39. The molecule has 1 aromatic rings. The van der Waals surface area contributed by atoms with Crippen LogP contribution in [0.25, 0.3) is 0 Å². The summed E-state index contributed by atoms with van der Waals surface area (Å²) in [4.78, 5) is 18.4. The quantitative estimate of drug-likeness (QED) is 0.883. The van der Waals surface area contributed by atoms with Crippen molar-refractivity contribution in [3.63, 3.8) is 0 Å². The van der Waals surface area contributed by atoms with Gasteiger partial charge in [0.15, 0.2) is 5.82 Å². The molecule has 7 heteroatoms. The zero-order valence-electron chi connectivity index (χ0n) is 10.5. The highest BCUT2D eigenvalue weighted by molar-refractivity contribution is 5.85. The van der Waals surface area contributed by atoms with Gasteiger partial charge in [0.1, 0.15) is 0 Å². The average Bonchev–Trinajstić information content (AvgIpc) is 2.90. The Labute approximate surface area is 117 Å². The van der Waals surface area contributed by atoms with E-state index in [4.69, 9.17) is 4.52 Å². The highest BCUT2D eigenvalue weighted by Gasteiger charge is 2.40. The van der Waals surface area contributed by atoms with Crippen LogP contribution in [-0.4, -0.2) is 46.6 Å². The van der Waals surface area contributed by atoms with Crippen LogP contribution in [-0.2, 0) is 4.79 Å². The predicted molar refractivity (Wildman–Crippen MR) is 69.2 cm³/mol. The van der Waals surface area contributed by atoms with Gasteiger partial charge >= 0.3 is 0 Å². The minimum atomic E-state index is 0. The molecule has 0 bridgehead atoms. The minimum absolute atomic E-state index is 0. The van der Waals surface area contributed by atoms with E-state index >= 15 is 0 Å². The monoisotopic (exact) mass is 284 g/mol. The van der Waals surface area contributed by atoms with Gasteiger partial charge in [-0.25, -0.2) is 0 Å². The molecule has 2 aliphatic heterocycles. The molecule has 3 heterocycles. The first-order valence-electron chi connectivity index (χ1n) is 6.65. The summed E-state index contributed by atoms with van der Waals surface area (Å²) in [5.41, 5.74) is 0. The van der Waals surface area contributed by atoms with Gasteiger partial charge < -0.3 is 14.7 Å². The van der Waals surface area contributed by atoms with Crippen LogP contribution < -0.4 is 5.32 Å². The lowest BCUT2D eigenvalue weighted by atomic mass is 10.1. The molecule has 19 heavy (non-hydrogen) atoms. The molecule has 0 radical (unpaired) electrons. The van der Waals surface area contributed by atoms with Crippen molar-refractivity contribution in [2.24, 2.45) is 0 Å². The number of likely N-dealkylation sites (tertiary alicyclic amines) is 1. The number of hydrogen-bond acceptors (Lipinski definition) is 5. The Morgan fingerprint density at radius 1 is 1.26 bits per heavy atom. The lowest BCUT2D eigenvalue weighted by Gasteiger charge is -2.35. The van der Waals surface area contributed by atoms with Gasteiger partial charge in [0.05, 0.1) is 12.0 Å². The maximum Gasteiger partial charge on any atom is 0.232 e. The SMILES string of the molecule is Cl.O=C1CC(c2nc(C3CC3)no2)CN1C1CNC1. The molecule has 1 aromatic heterocycles. The van der Waals surface area contributed by atoms with Crippen molar-refractivity contribution in [3.8, 4) is 0 Å². The van der Waals surface area contributed by atoms with Crippen molar-refractivity contribution in [3.05, 3.63) is 11.7 Å². The van der Waals surface area contributed by atoms with E-state index in [2.05, 4.69) is 15.5 Å². The van der Waals surface area contributed by atoms with Crippen LogP contribution in [0.5, 0.6) is 0 Å². The Morgan fingerprint density at radius 2 is 2.05 bits per heavy atom. The van der Waals surface area contributed by atoms with Gasteiger partial charge in [-0.05, 0) is 12.8 Å². The molecular weight excluding hydrogens is 268 g/mol. The first-order valence-corrected chi connectivity index (χ1v) is 6.65. The molecule has 1 amide bonds. The fourth-order valence-corrected chi connectivity index (χ4v) is 2.66. The third-order valence-corrected chi connectivity index (χ3v) is 4.11. The van der Waals surface area contributed by atoms with Crippen LogP contribution in [0, 0.1) is 0 Å². The molecule has 0 spiro atoms. The molecule has 2 saturated heterocycles. The van der Waals surface area contributed by atoms with Crippen LogP contribution in [0.15, 0.2) is 4.52 Å². The number of carbonyl (C=O) groups excluding carboxylic acids is 1. The molecule has 1 N–H and O–H groups in total. The van der Waals surface area contributed by atoms with Gasteiger partial charge in [0, 0.05) is 32.0 Å². The molecule has 6 nitrogen and oxygen atoms in total. The van der Waals surface area contributed by atoms with Crippen molar-refractivity contribution in [2.75, 3.05) is 19.6 Å². The molecule has 3 fully saturated rings. The number of nitrogens with one attached hydrogen (secondary N) is 1. The Hall–Kier alpha value is -1.14. The van der Waals surface area contributed by atoms with Crippen molar-refractivity contribution >= 4 is 18.3 Å². The smallest absolute Gasteiger partial charge is 0.232 e. The van der Waals surface area contributed by atoms with E-state index in [1.54, 1.807) is 0 Å². The number of nitrogens with zero attached hydrogens (tertiary/aromatic N) is 3. The van der Waals surface area contributed by atoms with Gasteiger partial charge in [-0.1, -0.05) is 5.16 Å². The number of amides is 1. The van der Waals surface area contributed by atoms with Gasteiger partial charge in [0.2, 0.25) is 11.8 Å². The van der Waals surface area contributed by atoms with Crippen LogP contribution >= 0.6 is 12.4 Å². The van der Waals surface area contributed by atoms with Crippen LogP contribution in [0.2, 0.25) is 0 Å². The van der Waals surface area contributed by atoms with Crippen LogP contribution in [0.1, 0.15) is 42.8 Å². The number of rotatable bonds is 3. The molecular formula is C12H17ClN4O2. The number of carbonyl (C=O) groups is 1. The second-order valence-corrected chi connectivity index (χ2v) is 5.52. The molecule has 1 aliphatic carbocycles. The molecule has 0 aromatic carbocycles. The summed E-state index contributed by atoms with van der Waals surface area (Å²) in [6, 6.07) is 0.369. The second-order valence-electron chi connectivity index (χ2n) is 5.52. The fraction of sp³-hybridized carbons (Fsp3) is 0.750. The molecule has 104 valence electrons. The van der Waals surface area contributed by atoms with E-state index in [1.165, 1.54) is 12.8 Å². The average molecular weight is 285 g/mol. The normalized spacial score (nSPS) is 27.3. The van der Waals surface area contributed by atoms with Crippen molar-refractivity contribution < 1.29 is 9.32 Å². The summed E-state index contributed by atoms with van der Waals surface area (Å²) >= 11 is 0. The third-order valence-electron chi connectivity index (χ3n) is 4.11. The van der Waals surface area contributed by atoms with Crippen molar-refractivity contribution in [1.82, 2.24) is 20.4 Å². The zero-order valence-corrected chi connectivity index (χ0v) is 11.4. The van der Waals surface area contributed by atoms with E-state index in [-0.39, 0.29) is 24.2 Å². The maximum absolute atomic E-state index is 12.0. The summed E-state index contributed by atoms with van der Waals surface area (Å²) in [6.07, 6.45) is 2.85. The van der Waals surface area contributed by atoms with Crippen molar-refractivity contribution in [1.29, 1.82) is 0 Å². The Balaban J connectivity index is 0.00000110. The van der Waals surface area contributed by atoms with Gasteiger partial charge in [-0.3, -0.25) is 4.79 Å². The second kappa shape index (κ2) is 4.76. The lowest BCUT2D eigenvalue weighted by Crippen LogP contribution is -2.57.